The Morgan fingerprint density at radius 2 is 1.28 bits per heavy atom. The Hall–Kier alpha value is -2.19. The summed E-state index contributed by atoms with van der Waals surface area (Å²) >= 11 is 2.09. The molecule has 0 spiro atoms. The summed E-state index contributed by atoms with van der Waals surface area (Å²) < 4.78 is 24.1. The van der Waals surface area contributed by atoms with Crippen LogP contribution in [0.5, 0.6) is 0 Å². The van der Waals surface area contributed by atoms with E-state index in [0.717, 1.165) is 10.6 Å². The Balaban J connectivity index is 0.000000201. The molecule has 2 aliphatic rings. The smallest absolute Gasteiger partial charge is 0.330 e. The molecule has 2 aliphatic heterocycles. The molecule has 4 rings (SSSR count). The van der Waals surface area contributed by atoms with Crippen LogP contribution in [-0.4, -0.2) is 96.3 Å². The molecule has 0 aromatic carbocycles. The van der Waals surface area contributed by atoms with Crippen LogP contribution in [0.1, 0.15) is 12.5 Å². The minimum Gasteiger partial charge on any atom is -0.394 e. The van der Waals surface area contributed by atoms with Crippen molar-refractivity contribution in [2.45, 2.75) is 49.1 Å². The number of hydrogen-bond acceptors (Lipinski definition) is 11. The third-order valence-corrected chi connectivity index (χ3v) is 6.62. The number of hydrogen-bond donors (Lipinski definition) is 5. The first-order valence-electron chi connectivity index (χ1n) is 10.7. The van der Waals surface area contributed by atoms with Crippen LogP contribution in [-0.2, 0) is 18.9 Å². The first-order valence-corrected chi connectivity index (χ1v) is 12.2. The Kier molecular flexibility index (Phi) is 9.75. The standard InChI is InChI=1S/C10H13IN2O5.C10H14N2O6/c1-17-8-7(15)5(4-11)18-9(8)13-3-2-6(14)12-10(13)16;1-17-8-7(15)5(4-13)18-9(8)12-3-2-6(14)11-10(12)16/h2-3,5,7-9,15H,4H2,1H3,(H,12,14,16);2-3,5,7-9,13,15H,4H2,1H3,(H,11,14,16)/t2*5-,7?,8+,9-/m11/s1. The molecule has 2 aromatic rings. The number of aromatic nitrogens is 4. The lowest BCUT2D eigenvalue weighted by atomic mass is 10.1. The highest BCUT2D eigenvalue weighted by Crippen LogP contribution is 2.31. The molecule has 2 unspecified atom stereocenters. The number of aliphatic hydroxyl groups is 3. The van der Waals surface area contributed by atoms with Crippen molar-refractivity contribution in [3.05, 3.63) is 66.2 Å². The summed E-state index contributed by atoms with van der Waals surface area (Å²) in [5, 5.41) is 28.9. The van der Waals surface area contributed by atoms with Crippen molar-refractivity contribution >= 4 is 22.6 Å². The first-order chi connectivity index (χ1) is 17.2. The predicted octanol–water partition coefficient (Wildman–Crippen LogP) is -2.95. The number of alkyl halides is 1. The second-order valence-electron chi connectivity index (χ2n) is 7.88. The van der Waals surface area contributed by atoms with Gasteiger partial charge in [0.1, 0.15) is 30.5 Å². The normalized spacial score (nSPS) is 31.7. The average Bonchev–Trinajstić information content (AvgIpc) is 3.34. The van der Waals surface area contributed by atoms with Gasteiger partial charge in [-0.15, -0.1) is 0 Å². The summed E-state index contributed by atoms with van der Waals surface area (Å²) in [7, 11) is 2.80. The summed E-state index contributed by atoms with van der Waals surface area (Å²) in [5.74, 6) is 0. The van der Waals surface area contributed by atoms with E-state index in [1.54, 1.807) is 0 Å². The molecule has 2 saturated heterocycles. The maximum absolute atomic E-state index is 11.7. The minimum atomic E-state index is -1.05. The highest BCUT2D eigenvalue weighted by Gasteiger charge is 2.45. The number of nitrogens with one attached hydrogen (secondary N) is 2. The fourth-order valence-corrected chi connectivity index (χ4v) is 4.66. The molecule has 8 atom stereocenters. The zero-order valence-electron chi connectivity index (χ0n) is 19.2. The number of nitrogens with zero attached hydrogens (tertiary/aromatic N) is 2. The van der Waals surface area contributed by atoms with Gasteiger partial charge in [-0.1, -0.05) is 22.6 Å². The maximum atomic E-state index is 11.7. The summed E-state index contributed by atoms with van der Waals surface area (Å²) in [5.41, 5.74) is -2.26. The second kappa shape index (κ2) is 12.4. The number of rotatable bonds is 6. The largest absolute Gasteiger partial charge is 0.394 e. The van der Waals surface area contributed by atoms with Gasteiger partial charge in [-0.25, -0.2) is 9.59 Å². The lowest BCUT2D eigenvalue weighted by Crippen LogP contribution is -2.38. The van der Waals surface area contributed by atoms with E-state index in [2.05, 4.69) is 32.6 Å². The van der Waals surface area contributed by atoms with Gasteiger partial charge in [0.25, 0.3) is 11.1 Å². The lowest BCUT2D eigenvalue weighted by molar-refractivity contribution is -0.0625. The highest BCUT2D eigenvalue weighted by atomic mass is 127. The molecule has 15 nitrogen and oxygen atoms in total. The SMILES string of the molecule is CO[C@H]1C(O)[C@@H](CI)O[C@H]1n1ccc(=O)[nH]c1=O.CO[C@H]1C(O)[C@@H](CO)O[C@H]1n1ccc(=O)[nH]c1=O. The van der Waals surface area contributed by atoms with Crippen LogP contribution >= 0.6 is 22.6 Å². The van der Waals surface area contributed by atoms with Gasteiger partial charge in [-0.3, -0.25) is 28.7 Å². The van der Waals surface area contributed by atoms with E-state index in [0.29, 0.717) is 4.43 Å². The summed E-state index contributed by atoms with van der Waals surface area (Å²) in [4.78, 5) is 49.5. The van der Waals surface area contributed by atoms with Crippen molar-refractivity contribution in [3.63, 3.8) is 0 Å². The molecule has 0 bridgehead atoms. The molecule has 2 aromatic heterocycles. The molecule has 0 radical (unpaired) electrons. The van der Waals surface area contributed by atoms with Gasteiger partial charge >= 0.3 is 11.4 Å². The monoisotopic (exact) mass is 626 g/mol. The topological polar surface area (TPSA) is 207 Å². The third-order valence-electron chi connectivity index (χ3n) is 5.75. The van der Waals surface area contributed by atoms with Crippen molar-refractivity contribution in [2.75, 3.05) is 25.3 Å². The highest BCUT2D eigenvalue weighted by molar-refractivity contribution is 14.1. The van der Waals surface area contributed by atoms with Gasteiger partial charge in [-0.2, -0.15) is 0 Å². The maximum Gasteiger partial charge on any atom is 0.330 e. The van der Waals surface area contributed by atoms with Crippen LogP contribution < -0.4 is 22.5 Å². The van der Waals surface area contributed by atoms with Gasteiger partial charge in [0.2, 0.25) is 0 Å². The van der Waals surface area contributed by atoms with Gasteiger partial charge < -0.3 is 34.3 Å². The van der Waals surface area contributed by atoms with E-state index in [9.17, 15) is 29.4 Å². The zero-order chi connectivity index (χ0) is 26.6. The zero-order valence-corrected chi connectivity index (χ0v) is 21.4. The van der Waals surface area contributed by atoms with Crippen molar-refractivity contribution in [2.24, 2.45) is 0 Å². The van der Waals surface area contributed by atoms with Crippen LogP contribution in [0, 0.1) is 0 Å². The Labute approximate surface area is 216 Å². The Bertz CT molecular complexity index is 1150. The van der Waals surface area contributed by atoms with Crippen LogP contribution in [0.2, 0.25) is 0 Å². The van der Waals surface area contributed by atoms with Crippen LogP contribution in [0.15, 0.2) is 43.7 Å². The van der Waals surface area contributed by atoms with E-state index in [4.69, 9.17) is 24.1 Å². The first kappa shape index (κ1) is 28.4. The van der Waals surface area contributed by atoms with Crippen LogP contribution in [0.3, 0.4) is 0 Å². The van der Waals surface area contributed by atoms with Crippen molar-refractivity contribution in [1.82, 2.24) is 19.1 Å². The van der Waals surface area contributed by atoms with E-state index in [1.807, 2.05) is 0 Å². The van der Waals surface area contributed by atoms with E-state index < -0.39 is 78.2 Å². The lowest BCUT2D eigenvalue weighted by Gasteiger charge is -2.19. The van der Waals surface area contributed by atoms with E-state index >= 15 is 0 Å². The number of halogens is 1. The number of aromatic amines is 2. The van der Waals surface area contributed by atoms with Crippen molar-refractivity contribution < 1.29 is 34.3 Å². The van der Waals surface area contributed by atoms with Gasteiger partial charge in [0.05, 0.1) is 12.7 Å². The third kappa shape index (κ3) is 5.86. The van der Waals surface area contributed by atoms with Gasteiger partial charge in [0.15, 0.2) is 12.5 Å². The van der Waals surface area contributed by atoms with Crippen molar-refractivity contribution in [1.29, 1.82) is 0 Å². The quantitative estimate of drug-likeness (QED) is 0.162. The van der Waals surface area contributed by atoms with Gasteiger partial charge in [0, 0.05) is 43.2 Å². The summed E-state index contributed by atoms with van der Waals surface area (Å²) in [6.07, 6.45) is -3.60. The number of aliphatic hydroxyl groups excluding tert-OH is 3. The second-order valence-corrected chi connectivity index (χ2v) is 8.76. The number of H-pyrrole nitrogens is 2. The number of methoxy groups -OCH3 is 2. The number of ether oxygens (including phenoxy) is 4. The molecule has 0 saturated carbocycles. The minimum absolute atomic E-state index is 0.393. The van der Waals surface area contributed by atoms with E-state index in [1.165, 1.54) is 37.2 Å². The Morgan fingerprint density at radius 1 is 0.861 bits per heavy atom. The molecule has 0 amide bonds. The summed E-state index contributed by atoms with van der Waals surface area (Å²) in [6, 6.07) is 2.39. The molecule has 4 heterocycles. The Morgan fingerprint density at radius 3 is 1.64 bits per heavy atom. The van der Waals surface area contributed by atoms with E-state index in [-0.39, 0.29) is 0 Å². The predicted molar refractivity (Wildman–Crippen MR) is 130 cm³/mol. The summed E-state index contributed by atoms with van der Waals surface area (Å²) in [6.45, 7) is -0.393. The average molecular weight is 626 g/mol. The molecule has 200 valence electrons. The van der Waals surface area contributed by atoms with Gasteiger partial charge in [-0.05, 0) is 0 Å². The fraction of sp³-hybridized carbons (Fsp3) is 0.600. The molecule has 36 heavy (non-hydrogen) atoms. The van der Waals surface area contributed by atoms with Crippen LogP contribution in [0.4, 0.5) is 0 Å². The molecular weight excluding hydrogens is 599 g/mol. The van der Waals surface area contributed by atoms with Crippen LogP contribution in [0.25, 0.3) is 0 Å². The fourth-order valence-electron chi connectivity index (χ4n) is 3.93. The van der Waals surface area contributed by atoms with Crippen molar-refractivity contribution in [3.8, 4) is 0 Å². The molecule has 5 N–H and O–H groups in total. The molecular formula is C20H27IN4O11. The molecule has 0 aliphatic carbocycles. The molecule has 2 fully saturated rings. The molecule has 16 heteroatoms.